The molecule has 0 aromatic rings. The van der Waals surface area contributed by atoms with Crippen LogP contribution in [0.4, 0.5) is 0 Å². The second kappa shape index (κ2) is 15.4. The Morgan fingerprint density at radius 1 is 0.881 bits per heavy atom. The minimum absolute atomic E-state index is 0.0660. The van der Waals surface area contributed by atoms with E-state index < -0.39 is 5.60 Å². The molecule has 3 fully saturated rings. The first kappa shape index (κ1) is 34.0. The predicted molar refractivity (Wildman–Crippen MR) is 177 cm³/mol. The lowest BCUT2D eigenvalue weighted by Crippen LogP contribution is -2.51. The summed E-state index contributed by atoms with van der Waals surface area (Å²) in [6.45, 7) is 11.1. The number of hydrogen-bond donors (Lipinski definition) is 2. The van der Waals surface area contributed by atoms with Crippen LogP contribution in [0.3, 0.4) is 0 Å². The molecule has 0 saturated heterocycles. The van der Waals surface area contributed by atoms with Crippen molar-refractivity contribution in [2.75, 3.05) is 0 Å². The molecule has 0 radical (unpaired) electrons. The van der Waals surface area contributed by atoms with Crippen molar-refractivity contribution in [1.82, 2.24) is 0 Å². The highest BCUT2D eigenvalue weighted by molar-refractivity contribution is 5.26. The van der Waals surface area contributed by atoms with Crippen LogP contribution >= 0.6 is 0 Å². The molecular weight excluding hydrogens is 516 g/mol. The highest BCUT2D eigenvalue weighted by Crippen LogP contribution is 2.65. The molecule has 3 heteroatoms. The normalized spacial score (nSPS) is 35.7. The van der Waals surface area contributed by atoms with E-state index in [9.17, 15) is 10.2 Å². The fourth-order valence-electron chi connectivity index (χ4n) is 9.46. The first-order valence-corrected chi connectivity index (χ1v) is 18.2. The van der Waals surface area contributed by atoms with Crippen molar-refractivity contribution < 1.29 is 14.9 Å². The third kappa shape index (κ3) is 8.63. The Bertz CT molecular complexity index is 911. The van der Waals surface area contributed by atoms with Crippen molar-refractivity contribution >= 4 is 0 Å². The van der Waals surface area contributed by atoms with E-state index in [1.807, 2.05) is 13.8 Å². The van der Waals surface area contributed by atoms with Gasteiger partial charge in [-0.3, -0.25) is 0 Å². The molecule has 8 atom stereocenters. The van der Waals surface area contributed by atoms with Crippen LogP contribution < -0.4 is 0 Å². The molecule has 2 unspecified atom stereocenters. The fraction of sp³-hybridized carbons (Fsp3) is 0.846. The van der Waals surface area contributed by atoms with Crippen molar-refractivity contribution in [3.8, 4) is 0 Å². The van der Waals surface area contributed by atoms with Crippen molar-refractivity contribution in [3.63, 3.8) is 0 Å². The van der Waals surface area contributed by atoms with Crippen LogP contribution in [-0.4, -0.2) is 34.1 Å². The van der Waals surface area contributed by atoms with Crippen LogP contribution in [0.25, 0.3) is 0 Å². The SMILES string of the molecule is CCCCC/C=C\C(/C=C\CCCCCCCC(C)(C)O)OC1C=C2CC[C@H]3[C@@H]4CC[C@H](O)[C@@]4(C)CC[C@@H]3[C@@]2(C)CC1. The van der Waals surface area contributed by atoms with E-state index in [4.69, 9.17) is 4.74 Å². The van der Waals surface area contributed by atoms with Gasteiger partial charge in [-0.1, -0.05) is 95.2 Å². The molecule has 0 aromatic heterocycles. The van der Waals surface area contributed by atoms with E-state index in [1.54, 1.807) is 5.57 Å². The highest BCUT2D eigenvalue weighted by Gasteiger charge is 2.58. The minimum Gasteiger partial charge on any atom is -0.393 e. The second-order valence-electron chi connectivity index (χ2n) is 15.8. The quantitative estimate of drug-likeness (QED) is 0.141. The molecule has 4 aliphatic carbocycles. The van der Waals surface area contributed by atoms with E-state index in [0.29, 0.717) is 5.41 Å². The Morgan fingerprint density at radius 2 is 1.57 bits per heavy atom. The van der Waals surface area contributed by atoms with Gasteiger partial charge in [-0.15, -0.1) is 0 Å². The molecule has 0 amide bonds. The summed E-state index contributed by atoms with van der Waals surface area (Å²) in [5.74, 6) is 2.30. The zero-order valence-corrected chi connectivity index (χ0v) is 28.1. The standard InChI is InChI=1S/C39H66O3/c1-6-7-8-12-15-18-31(19-16-13-10-9-11-14-17-26-37(2,3)41)42-32-24-27-38(4)30(29-32)20-21-33-34-22-23-36(40)39(34,5)28-25-35(33)38/h15-16,18-19,29,31-36,40-41H,6-14,17,20-28H2,1-5H3/b18-15-,19-16-/t31?,32?,33-,34-,35-,36-,38-,39-/m0/s1. The minimum atomic E-state index is -0.522. The number of aliphatic hydroxyl groups excluding tert-OH is 1. The number of ether oxygens (including phenoxy) is 1. The van der Waals surface area contributed by atoms with Gasteiger partial charge in [0, 0.05) is 0 Å². The molecule has 0 aliphatic heterocycles. The fourth-order valence-corrected chi connectivity index (χ4v) is 9.46. The van der Waals surface area contributed by atoms with Crippen LogP contribution in [0.5, 0.6) is 0 Å². The van der Waals surface area contributed by atoms with Crippen molar-refractivity contribution in [1.29, 1.82) is 0 Å². The van der Waals surface area contributed by atoms with Crippen LogP contribution in [0.1, 0.15) is 157 Å². The number of aliphatic hydroxyl groups is 2. The Morgan fingerprint density at radius 3 is 2.29 bits per heavy atom. The molecule has 4 rings (SSSR count). The molecule has 3 nitrogen and oxygen atoms in total. The van der Waals surface area contributed by atoms with Gasteiger partial charge >= 0.3 is 0 Å². The number of unbranched alkanes of at least 4 members (excludes halogenated alkanes) is 8. The Labute approximate surface area is 259 Å². The summed E-state index contributed by atoms with van der Waals surface area (Å²) >= 11 is 0. The van der Waals surface area contributed by atoms with Gasteiger partial charge in [0.05, 0.1) is 23.9 Å². The van der Waals surface area contributed by atoms with Gasteiger partial charge in [0.15, 0.2) is 0 Å². The maximum Gasteiger partial charge on any atom is 0.0945 e. The number of fused-ring (bicyclic) bond motifs is 5. The Hall–Kier alpha value is -0.900. The summed E-state index contributed by atoms with van der Waals surface area (Å²) in [5.41, 5.74) is 1.65. The summed E-state index contributed by atoms with van der Waals surface area (Å²) < 4.78 is 6.81. The van der Waals surface area contributed by atoms with E-state index >= 15 is 0 Å². The summed E-state index contributed by atoms with van der Waals surface area (Å²) in [4.78, 5) is 0. The monoisotopic (exact) mass is 583 g/mol. The number of hydrogen-bond acceptors (Lipinski definition) is 3. The van der Waals surface area contributed by atoms with Gasteiger partial charge in [0.1, 0.15) is 0 Å². The average Bonchev–Trinajstić information content (AvgIpc) is 3.25. The maximum atomic E-state index is 10.8. The molecule has 240 valence electrons. The van der Waals surface area contributed by atoms with E-state index in [0.717, 1.165) is 56.3 Å². The average molecular weight is 583 g/mol. The van der Waals surface area contributed by atoms with Crippen LogP contribution in [0.15, 0.2) is 36.0 Å². The third-order valence-corrected chi connectivity index (χ3v) is 12.1. The van der Waals surface area contributed by atoms with Crippen LogP contribution in [-0.2, 0) is 4.74 Å². The lowest BCUT2D eigenvalue weighted by molar-refractivity contribution is -0.0785. The molecule has 0 aromatic carbocycles. The van der Waals surface area contributed by atoms with Gasteiger partial charge in [-0.05, 0) is 126 Å². The van der Waals surface area contributed by atoms with Crippen molar-refractivity contribution in [2.45, 2.75) is 181 Å². The summed E-state index contributed by atoms with van der Waals surface area (Å²) in [5, 5.41) is 20.7. The Balaban J connectivity index is 1.31. The smallest absolute Gasteiger partial charge is 0.0945 e. The molecule has 0 heterocycles. The molecule has 42 heavy (non-hydrogen) atoms. The molecule has 4 aliphatic rings. The van der Waals surface area contributed by atoms with Crippen molar-refractivity contribution in [2.24, 2.45) is 28.6 Å². The van der Waals surface area contributed by atoms with Crippen molar-refractivity contribution in [3.05, 3.63) is 36.0 Å². The molecule has 3 saturated carbocycles. The predicted octanol–water partition coefficient (Wildman–Crippen LogP) is 10.3. The first-order chi connectivity index (χ1) is 20.1. The zero-order valence-electron chi connectivity index (χ0n) is 28.1. The lowest BCUT2D eigenvalue weighted by Gasteiger charge is -2.58. The van der Waals surface area contributed by atoms with Crippen LogP contribution in [0, 0.1) is 28.6 Å². The summed E-state index contributed by atoms with van der Waals surface area (Å²) in [6, 6.07) is 0. The molecular formula is C39H66O3. The van der Waals surface area contributed by atoms with Gasteiger partial charge in [-0.25, -0.2) is 0 Å². The molecule has 0 spiro atoms. The van der Waals surface area contributed by atoms with Gasteiger partial charge in [-0.2, -0.15) is 0 Å². The summed E-state index contributed by atoms with van der Waals surface area (Å²) in [7, 11) is 0. The lowest BCUT2D eigenvalue weighted by atomic mass is 9.47. The first-order valence-electron chi connectivity index (χ1n) is 18.2. The molecule has 0 bridgehead atoms. The van der Waals surface area contributed by atoms with E-state index in [1.165, 1.54) is 83.5 Å². The van der Waals surface area contributed by atoms with Gasteiger partial charge in [0.2, 0.25) is 0 Å². The van der Waals surface area contributed by atoms with Gasteiger partial charge in [0.25, 0.3) is 0 Å². The Kier molecular flexibility index (Phi) is 12.5. The van der Waals surface area contributed by atoms with E-state index in [-0.39, 0.29) is 23.7 Å². The summed E-state index contributed by atoms with van der Waals surface area (Å²) in [6.07, 6.45) is 34.9. The zero-order chi connectivity index (χ0) is 30.2. The topological polar surface area (TPSA) is 49.7 Å². The third-order valence-electron chi connectivity index (χ3n) is 12.1. The largest absolute Gasteiger partial charge is 0.393 e. The van der Waals surface area contributed by atoms with Gasteiger partial charge < -0.3 is 14.9 Å². The van der Waals surface area contributed by atoms with Crippen LogP contribution in [0.2, 0.25) is 0 Å². The number of allylic oxidation sites excluding steroid dienone is 3. The maximum absolute atomic E-state index is 10.8. The van der Waals surface area contributed by atoms with E-state index in [2.05, 4.69) is 51.2 Å². The number of rotatable bonds is 16. The second-order valence-corrected chi connectivity index (χ2v) is 15.8. The molecule has 2 N–H and O–H groups in total. The highest BCUT2D eigenvalue weighted by atomic mass is 16.5.